The highest BCUT2D eigenvalue weighted by molar-refractivity contribution is 4.89. The van der Waals surface area contributed by atoms with Gasteiger partial charge in [-0.05, 0) is 0 Å². The van der Waals surface area contributed by atoms with Crippen molar-refractivity contribution in [3.05, 3.63) is 0 Å². The lowest BCUT2D eigenvalue weighted by atomic mass is 10.3. The minimum Gasteiger partial charge on any atom is -0.388 e. The van der Waals surface area contributed by atoms with Crippen molar-refractivity contribution in [3.8, 4) is 6.19 Å². The van der Waals surface area contributed by atoms with E-state index in [2.05, 4.69) is 0 Å². The fraction of sp³-hybridized carbons (Fsp3) is 0.800. The summed E-state index contributed by atoms with van der Waals surface area (Å²) in [7, 11) is 0. The third-order valence-corrected chi connectivity index (χ3v) is 1.40. The van der Waals surface area contributed by atoms with E-state index in [0.29, 0.717) is 0 Å². The van der Waals surface area contributed by atoms with Crippen LogP contribution in [0.2, 0.25) is 0 Å². The zero-order valence-electron chi connectivity index (χ0n) is 4.86. The van der Waals surface area contributed by atoms with E-state index in [4.69, 9.17) is 15.5 Å². The van der Waals surface area contributed by atoms with Crippen LogP contribution in [0.1, 0.15) is 0 Å². The number of hydrogen-bond acceptors (Lipinski definition) is 4. The summed E-state index contributed by atoms with van der Waals surface area (Å²) >= 11 is 0. The van der Waals surface area contributed by atoms with Gasteiger partial charge < -0.3 is 15.1 Å². The van der Waals surface area contributed by atoms with E-state index in [1.54, 1.807) is 0 Å². The highest BCUT2D eigenvalue weighted by Gasteiger charge is 2.28. The van der Waals surface area contributed by atoms with Crippen LogP contribution in [-0.2, 0) is 0 Å². The Morgan fingerprint density at radius 1 is 1.33 bits per heavy atom. The van der Waals surface area contributed by atoms with Gasteiger partial charge in [0, 0.05) is 0 Å². The number of likely N-dealkylation sites (tertiary alicyclic amines) is 1. The van der Waals surface area contributed by atoms with Crippen LogP contribution in [0.5, 0.6) is 0 Å². The first-order valence-electron chi connectivity index (χ1n) is 2.75. The molecule has 0 aromatic rings. The maximum absolute atomic E-state index is 8.86. The molecule has 2 unspecified atom stereocenters. The summed E-state index contributed by atoms with van der Waals surface area (Å²) in [5.41, 5.74) is 0. The molecule has 4 heteroatoms. The largest absolute Gasteiger partial charge is 0.388 e. The van der Waals surface area contributed by atoms with Crippen molar-refractivity contribution >= 4 is 0 Å². The lowest BCUT2D eigenvalue weighted by molar-refractivity contribution is 0.0572. The van der Waals surface area contributed by atoms with Crippen molar-refractivity contribution < 1.29 is 10.2 Å². The Hall–Kier alpha value is -0.790. The fourth-order valence-electron chi connectivity index (χ4n) is 0.851. The monoisotopic (exact) mass is 128 g/mol. The SMILES string of the molecule is N#CN1CC(O)C(O)C1. The Balaban J connectivity index is 2.46. The Labute approximate surface area is 52.9 Å². The van der Waals surface area contributed by atoms with Gasteiger partial charge in [-0.2, -0.15) is 5.26 Å². The second-order valence-electron chi connectivity index (χ2n) is 2.14. The van der Waals surface area contributed by atoms with E-state index in [-0.39, 0.29) is 13.1 Å². The Kier molecular flexibility index (Phi) is 1.56. The van der Waals surface area contributed by atoms with Crippen molar-refractivity contribution in [2.75, 3.05) is 13.1 Å². The van der Waals surface area contributed by atoms with Crippen LogP contribution in [0.4, 0.5) is 0 Å². The molecule has 2 N–H and O–H groups in total. The molecule has 1 fully saturated rings. The van der Waals surface area contributed by atoms with Crippen LogP contribution < -0.4 is 0 Å². The van der Waals surface area contributed by atoms with E-state index < -0.39 is 12.2 Å². The molecular weight excluding hydrogens is 120 g/mol. The molecule has 0 amide bonds. The molecule has 0 spiro atoms. The molecule has 1 saturated heterocycles. The van der Waals surface area contributed by atoms with Crippen LogP contribution in [0.15, 0.2) is 0 Å². The van der Waals surface area contributed by atoms with Gasteiger partial charge in [0.2, 0.25) is 0 Å². The Morgan fingerprint density at radius 2 is 1.78 bits per heavy atom. The standard InChI is InChI=1S/C5H8N2O2/c6-3-7-1-4(8)5(9)2-7/h4-5,8-9H,1-2H2. The average molecular weight is 128 g/mol. The molecule has 0 bridgehead atoms. The number of rotatable bonds is 0. The summed E-state index contributed by atoms with van der Waals surface area (Å²) in [5.74, 6) is 0. The zero-order chi connectivity index (χ0) is 6.85. The quantitative estimate of drug-likeness (QED) is 0.390. The predicted octanol–water partition coefficient (Wildman–Crippen LogP) is -1.50. The van der Waals surface area contributed by atoms with Gasteiger partial charge in [0.1, 0.15) is 0 Å². The fourth-order valence-corrected chi connectivity index (χ4v) is 0.851. The number of aliphatic hydroxyl groups is 2. The molecule has 9 heavy (non-hydrogen) atoms. The summed E-state index contributed by atoms with van der Waals surface area (Å²) < 4.78 is 0. The molecule has 1 heterocycles. The van der Waals surface area contributed by atoms with Gasteiger partial charge >= 0.3 is 0 Å². The summed E-state index contributed by atoms with van der Waals surface area (Å²) in [5, 5.41) is 26.0. The van der Waals surface area contributed by atoms with Crippen molar-refractivity contribution in [1.82, 2.24) is 4.90 Å². The van der Waals surface area contributed by atoms with Crippen LogP contribution >= 0.6 is 0 Å². The molecule has 0 saturated carbocycles. The van der Waals surface area contributed by atoms with Gasteiger partial charge in [0.05, 0.1) is 25.3 Å². The molecule has 1 aliphatic heterocycles. The number of β-amino-alcohol motifs (C(OH)–C–C–N with tert-alkyl or cyclic N) is 2. The van der Waals surface area contributed by atoms with E-state index in [1.807, 2.05) is 6.19 Å². The summed E-state index contributed by atoms with van der Waals surface area (Å²) in [6.45, 7) is 0.523. The summed E-state index contributed by atoms with van der Waals surface area (Å²) in [6, 6.07) is 0. The number of nitrogens with zero attached hydrogens (tertiary/aromatic N) is 2. The maximum Gasteiger partial charge on any atom is 0.179 e. The molecule has 2 atom stereocenters. The molecule has 0 radical (unpaired) electrons. The Morgan fingerprint density at radius 3 is 2.00 bits per heavy atom. The topological polar surface area (TPSA) is 67.5 Å². The zero-order valence-corrected chi connectivity index (χ0v) is 4.86. The lowest BCUT2D eigenvalue weighted by Crippen LogP contribution is -2.22. The van der Waals surface area contributed by atoms with Gasteiger partial charge in [0.25, 0.3) is 0 Å². The average Bonchev–Trinajstić information content (AvgIpc) is 2.13. The van der Waals surface area contributed by atoms with Crippen molar-refractivity contribution in [1.29, 1.82) is 5.26 Å². The molecule has 1 rings (SSSR count). The predicted molar refractivity (Wildman–Crippen MR) is 29.2 cm³/mol. The lowest BCUT2D eigenvalue weighted by Gasteiger charge is -2.01. The highest BCUT2D eigenvalue weighted by Crippen LogP contribution is 2.07. The summed E-state index contributed by atoms with van der Waals surface area (Å²) in [4.78, 5) is 1.33. The van der Waals surface area contributed by atoms with Crippen molar-refractivity contribution in [3.63, 3.8) is 0 Å². The van der Waals surface area contributed by atoms with Gasteiger partial charge in [-0.25, -0.2) is 0 Å². The smallest absolute Gasteiger partial charge is 0.179 e. The third-order valence-electron chi connectivity index (χ3n) is 1.40. The molecule has 0 aromatic heterocycles. The molecule has 4 nitrogen and oxygen atoms in total. The van der Waals surface area contributed by atoms with Gasteiger partial charge in [0.15, 0.2) is 6.19 Å². The maximum atomic E-state index is 8.86. The number of nitriles is 1. The van der Waals surface area contributed by atoms with E-state index in [0.717, 1.165) is 0 Å². The van der Waals surface area contributed by atoms with Crippen LogP contribution in [0.25, 0.3) is 0 Å². The minimum absolute atomic E-state index is 0.262. The van der Waals surface area contributed by atoms with Crippen LogP contribution in [0, 0.1) is 11.5 Å². The highest BCUT2D eigenvalue weighted by atomic mass is 16.3. The van der Waals surface area contributed by atoms with Crippen molar-refractivity contribution in [2.24, 2.45) is 0 Å². The summed E-state index contributed by atoms with van der Waals surface area (Å²) in [6.07, 6.45) is 0.347. The van der Waals surface area contributed by atoms with Crippen LogP contribution in [-0.4, -0.2) is 40.4 Å². The normalized spacial score (nSPS) is 34.6. The molecule has 0 aliphatic carbocycles. The second-order valence-corrected chi connectivity index (χ2v) is 2.14. The number of aliphatic hydroxyl groups excluding tert-OH is 2. The van der Waals surface area contributed by atoms with E-state index in [1.165, 1.54) is 4.90 Å². The second kappa shape index (κ2) is 2.21. The first-order valence-corrected chi connectivity index (χ1v) is 2.75. The minimum atomic E-state index is -0.746. The number of hydrogen-bond donors (Lipinski definition) is 2. The van der Waals surface area contributed by atoms with Crippen molar-refractivity contribution in [2.45, 2.75) is 12.2 Å². The molecule has 1 aliphatic rings. The first kappa shape index (κ1) is 6.33. The van der Waals surface area contributed by atoms with Gasteiger partial charge in [-0.3, -0.25) is 0 Å². The van der Waals surface area contributed by atoms with Gasteiger partial charge in [-0.15, -0.1) is 0 Å². The molecular formula is C5H8N2O2. The van der Waals surface area contributed by atoms with E-state index in [9.17, 15) is 0 Å². The first-order chi connectivity index (χ1) is 4.24. The van der Waals surface area contributed by atoms with Crippen LogP contribution in [0.3, 0.4) is 0 Å². The third kappa shape index (κ3) is 1.12. The Bertz CT molecular complexity index is 132. The van der Waals surface area contributed by atoms with E-state index >= 15 is 0 Å². The van der Waals surface area contributed by atoms with Gasteiger partial charge in [-0.1, -0.05) is 0 Å². The molecule has 50 valence electrons. The molecule has 0 aromatic carbocycles.